The third kappa shape index (κ3) is 6.47. The minimum Gasteiger partial charge on any atom is -0.495 e. The lowest BCUT2D eigenvalue weighted by atomic mass is 9.33. The Labute approximate surface area is 357 Å². The monoisotopic (exact) mass is 829 g/mol. The molecule has 60 heavy (non-hydrogen) atoms. The largest absolute Gasteiger partial charge is 0.495 e. The van der Waals surface area contributed by atoms with Crippen molar-refractivity contribution in [2.24, 2.45) is 50.7 Å². The van der Waals surface area contributed by atoms with Crippen LogP contribution in [0.1, 0.15) is 138 Å². The quantitative estimate of drug-likeness (QED) is 0.221. The van der Waals surface area contributed by atoms with Gasteiger partial charge in [0.25, 0.3) is 5.56 Å². The molecule has 4 saturated carbocycles. The van der Waals surface area contributed by atoms with Crippen molar-refractivity contribution < 1.29 is 29.0 Å². The molecule has 5 aliphatic rings. The van der Waals surface area contributed by atoms with E-state index >= 15 is 0 Å². The molecule has 11 nitrogen and oxygen atoms in total. The zero-order chi connectivity index (χ0) is 44.1. The van der Waals surface area contributed by atoms with Gasteiger partial charge < -0.3 is 19.5 Å². The topological polar surface area (TPSA) is 133 Å². The maximum absolute atomic E-state index is 14.7. The second-order valence-corrected chi connectivity index (χ2v) is 22.1. The molecule has 0 amide bonds. The van der Waals surface area contributed by atoms with E-state index in [1.165, 1.54) is 5.57 Å². The molecule has 0 saturated heterocycles. The fourth-order valence-electron chi connectivity index (χ4n) is 14.4. The van der Waals surface area contributed by atoms with Crippen LogP contribution in [0.25, 0.3) is 5.82 Å². The number of methoxy groups -OCH3 is 1. The van der Waals surface area contributed by atoms with E-state index < -0.39 is 22.8 Å². The van der Waals surface area contributed by atoms with Crippen LogP contribution >= 0.6 is 0 Å². The third-order valence-corrected chi connectivity index (χ3v) is 17.6. The molecule has 0 unspecified atom stereocenters. The number of rotatable bonds is 11. The van der Waals surface area contributed by atoms with E-state index in [9.17, 15) is 24.3 Å². The molecule has 5 aliphatic carbocycles. The predicted molar refractivity (Wildman–Crippen MR) is 232 cm³/mol. The lowest BCUT2D eigenvalue weighted by molar-refractivity contribution is -0.232. The number of fused-ring (bicyclic) bond motifs is 7. The van der Waals surface area contributed by atoms with Crippen LogP contribution < -0.4 is 10.3 Å². The Morgan fingerprint density at radius 3 is 2.27 bits per heavy atom. The van der Waals surface area contributed by atoms with Crippen LogP contribution in [0, 0.1) is 57.7 Å². The fraction of sp³-hybridized carbons (Fsp3) is 0.735. The highest BCUT2D eigenvalue weighted by molar-refractivity contribution is 6.02. The van der Waals surface area contributed by atoms with E-state index in [-0.39, 0.29) is 57.4 Å². The number of esters is 1. The van der Waals surface area contributed by atoms with E-state index in [0.29, 0.717) is 48.5 Å². The van der Waals surface area contributed by atoms with Gasteiger partial charge in [-0.2, -0.15) is 4.68 Å². The van der Waals surface area contributed by atoms with Crippen molar-refractivity contribution in [3.05, 3.63) is 51.1 Å². The zero-order valence-electron chi connectivity index (χ0n) is 38.8. The maximum Gasteiger partial charge on any atom is 0.309 e. The van der Waals surface area contributed by atoms with Crippen molar-refractivity contribution in [3.63, 3.8) is 0 Å². The summed E-state index contributed by atoms with van der Waals surface area (Å²) in [5, 5.41) is 9.69. The molecule has 11 heteroatoms. The Bertz CT molecular complexity index is 2140. The number of hydrogen-bond acceptors (Lipinski definition) is 8. The number of pyridine rings is 1. The van der Waals surface area contributed by atoms with Gasteiger partial charge in [0.05, 0.1) is 37.4 Å². The minimum atomic E-state index is -1.18. The molecule has 1 N–H and O–H groups in total. The van der Waals surface area contributed by atoms with E-state index in [4.69, 9.17) is 14.5 Å². The van der Waals surface area contributed by atoms with Crippen LogP contribution in [0.5, 0.6) is 5.75 Å². The second kappa shape index (κ2) is 15.0. The highest BCUT2D eigenvalue weighted by Crippen LogP contribution is 2.77. The first kappa shape index (κ1) is 44.3. The summed E-state index contributed by atoms with van der Waals surface area (Å²) in [4.78, 5) is 61.2. The van der Waals surface area contributed by atoms with Crippen molar-refractivity contribution in [2.75, 3.05) is 27.7 Å². The molecule has 2 aromatic heterocycles. The minimum absolute atomic E-state index is 0.00224. The molecule has 4 fully saturated rings. The molecule has 0 bridgehead atoms. The van der Waals surface area contributed by atoms with Crippen molar-refractivity contribution in [1.82, 2.24) is 19.2 Å². The molecule has 2 aromatic rings. The van der Waals surface area contributed by atoms with E-state index in [0.717, 1.165) is 62.6 Å². The number of aliphatic carboxylic acids is 1. The van der Waals surface area contributed by atoms with Gasteiger partial charge in [-0.3, -0.25) is 23.9 Å². The maximum atomic E-state index is 14.7. The summed E-state index contributed by atoms with van der Waals surface area (Å²) in [6.45, 7) is 23.0. The van der Waals surface area contributed by atoms with Gasteiger partial charge >= 0.3 is 11.9 Å². The lowest BCUT2D eigenvalue weighted by Gasteiger charge is -2.72. The number of Topliss-reactive ketones (excluding diaryl/α,β-unsaturated/α-hetero) is 1. The lowest BCUT2D eigenvalue weighted by Crippen LogP contribution is -2.66. The molecule has 8 atom stereocenters. The standard InChI is InChI=1S/C49H72N4O7/c1-29(2)39-33(54)26-49(41-30(3)42(56)53(52(41)25-24-51(11)12)37-17-14-31(59-13)28-50-37)23-22-47(9)32(40(39)49)15-16-35-46(8)20-19-36(60-38(55)27-44(4,5)43(57)58)45(6,7)34(46)18-21-48(35,47)10/h14,17,28-29,32,34-36H,15-16,18-27H2,1-13H3,(H,57,58)/t32-,34+,35-,36+,46+,47-,48-,49-/m1/s1. The van der Waals surface area contributed by atoms with Crippen LogP contribution in [0.3, 0.4) is 0 Å². The van der Waals surface area contributed by atoms with Crippen LogP contribution in [-0.2, 0) is 31.1 Å². The van der Waals surface area contributed by atoms with E-state index in [1.807, 2.05) is 33.2 Å². The van der Waals surface area contributed by atoms with E-state index in [1.54, 1.807) is 31.8 Å². The Kier molecular flexibility index (Phi) is 11.1. The number of ketones is 1. The number of carboxylic acid groups (broad SMARTS) is 1. The molecule has 330 valence electrons. The first-order chi connectivity index (χ1) is 27.9. The summed E-state index contributed by atoms with van der Waals surface area (Å²) in [6.07, 6.45) is 9.23. The second-order valence-electron chi connectivity index (χ2n) is 22.1. The number of carbonyl (C=O) groups excluding carboxylic acids is 2. The van der Waals surface area contributed by atoms with Crippen molar-refractivity contribution >= 4 is 17.7 Å². The smallest absolute Gasteiger partial charge is 0.309 e. The van der Waals surface area contributed by atoms with Gasteiger partial charge in [-0.25, -0.2) is 4.98 Å². The molecular formula is C49H72N4O7. The number of nitrogens with zero attached hydrogens (tertiary/aromatic N) is 4. The molecule has 0 radical (unpaired) electrons. The highest BCUT2D eigenvalue weighted by Gasteiger charge is 2.71. The summed E-state index contributed by atoms with van der Waals surface area (Å²) >= 11 is 0. The van der Waals surface area contributed by atoms with Crippen LogP contribution in [0.4, 0.5) is 0 Å². The number of carbonyl (C=O) groups is 3. The van der Waals surface area contributed by atoms with Gasteiger partial charge in [0, 0.05) is 29.4 Å². The number of carboxylic acids is 1. The van der Waals surface area contributed by atoms with Gasteiger partial charge in [0.2, 0.25) is 0 Å². The summed E-state index contributed by atoms with van der Waals surface area (Å²) in [5.74, 6) is 1.00. The Balaban J connectivity index is 1.29. The van der Waals surface area contributed by atoms with Gasteiger partial charge in [-0.05, 0) is 149 Å². The Morgan fingerprint density at radius 1 is 0.967 bits per heavy atom. The van der Waals surface area contributed by atoms with Crippen molar-refractivity contribution in [1.29, 1.82) is 0 Å². The summed E-state index contributed by atoms with van der Waals surface area (Å²) < 4.78 is 15.6. The summed E-state index contributed by atoms with van der Waals surface area (Å²) in [5.41, 5.74) is 1.79. The van der Waals surface area contributed by atoms with Crippen LogP contribution in [0.15, 0.2) is 34.3 Å². The van der Waals surface area contributed by atoms with Gasteiger partial charge in [-0.1, -0.05) is 48.5 Å². The first-order valence-electron chi connectivity index (χ1n) is 22.6. The molecule has 0 aromatic carbocycles. The number of allylic oxidation sites excluding steroid dienone is 2. The Morgan fingerprint density at radius 2 is 1.67 bits per heavy atom. The van der Waals surface area contributed by atoms with Crippen molar-refractivity contribution in [3.8, 4) is 11.6 Å². The Hall–Kier alpha value is -3.73. The normalized spacial score (nSPS) is 33.6. The van der Waals surface area contributed by atoms with Crippen LogP contribution in [-0.4, -0.2) is 75.9 Å². The third-order valence-electron chi connectivity index (χ3n) is 17.6. The number of aromatic nitrogens is 3. The van der Waals surface area contributed by atoms with Gasteiger partial charge in [0.1, 0.15) is 11.9 Å². The number of likely N-dealkylation sites (N-methyl/N-ethyl adjacent to an activating group) is 1. The summed E-state index contributed by atoms with van der Waals surface area (Å²) in [7, 11) is 5.71. The van der Waals surface area contributed by atoms with Gasteiger partial charge in [0.15, 0.2) is 11.6 Å². The fourth-order valence-corrected chi connectivity index (χ4v) is 14.4. The van der Waals surface area contributed by atoms with E-state index in [2.05, 4.69) is 58.0 Å². The van der Waals surface area contributed by atoms with Gasteiger partial charge in [-0.15, -0.1) is 0 Å². The average Bonchev–Trinajstić information content (AvgIpc) is 3.61. The molecular weight excluding hydrogens is 757 g/mol. The zero-order valence-corrected chi connectivity index (χ0v) is 38.8. The number of hydrogen-bond donors (Lipinski definition) is 1. The SMILES string of the molecule is COc1ccc(-n2c(=O)c(C)c([C@@]34CC[C@]5(C)[C@H](CC[C@@H]6[C@@]7(C)CC[C@H](OC(=O)CC(C)(C)C(=O)O)C(C)(C)[C@@H]7CC[C@]65C)C3=C(C(C)C)C(=O)C4)n2CCN(C)C)nc1. The summed E-state index contributed by atoms with van der Waals surface area (Å²) in [6, 6.07) is 3.69. The predicted octanol–water partition coefficient (Wildman–Crippen LogP) is 8.56. The molecule has 7 rings (SSSR count). The van der Waals surface area contributed by atoms with Crippen LogP contribution in [0.2, 0.25) is 0 Å². The average molecular weight is 829 g/mol. The number of ether oxygens (including phenoxy) is 2. The molecule has 2 heterocycles. The van der Waals surface area contributed by atoms with Crippen molar-refractivity contribution in [2.45, 2.75) is 152 Å². The molecule has 0 spiro atoms. The highest BCUT2D eigenvalue weighted by atomic mass is 16.5. The molecule has 0 aliphatic heterocycles. The first-order valence-corrected chi connectivity index (χ1v) is 22.6.